The fourth-order valence-electron chi connectivity index (χ4n) is 2.86. The third kappa shape index (κ3) is 6.58. The molecule has 3 rings (SSSR count). The van der Waals surface area contributed by atoms with E-state index in [-0.39, 0.29) is 18.0 Å². The predicted molar refractivity (Wildman–Crippen MR) is 107 cm³/mol. The lowest BCUT2D eigenvalue weighted by molar-refractivity contribution is -0.202. The van der Waals surface area contributed by atoms with Crippen LogP contribution in [-0.2, 0) is 32.1 Å². The van der Waals surface area contributed by atoms with Gasteiger partial charge in [0, 0.05) is 18.0 Å². The number of isocyanates is 1. The first-order chi connectivity index (χ1) is 15.7. The van der Waals surface area contributed by atoms with Crippen LogP contribution in [0.5, 0.6) is 5.75 Å². The Labute approximate surface area is 188 Å². The van der Waals surface area contributed by atoms with Crippen LogP contribution < -0.4 is 15.1 Å². The Hall–Kier alpha value is -3.32. The molecule has 14 heteroatoms. The Bertz CT molecular complexity index is 1030. The number of carbonyl (C=O) groups excluding carboxylic acids is 3. The highest BCUT2D eigenvalue weighted by molar-refractivity contribution is 7.16. The highest BCUT2D eigenvalue weighted by Crippen LogP contribution is 2.33. The molecule has 0 bridgehead atoms. The van der Waals surface area contributed by atoms with Crippen LogP contribution in [0.3, 0.4) is 0 Å². The van der Waals surface area contributed by atoms with Crippen molar-refractivity contribution in [3.8, 4) is 5.75 Å². The molecule has 0 saturated heterocycles. The fourth-order valence-corrected chi connectivity index (χ4v) is 4.00. The molecule has 2 aromatic rings. The molecule has 0 aliphatic carbocycles. The van der Waals surface area contributed by atoms with Gasteiger partial charge in [-0.25, -0.2) is 19.4 Å². The van der Waals surface area contributed by atoms with E-state index < -0.39 is 30.8 Å². The Morgan fingerprint density at radius 2 is 2.18 bits per heavy atom. The first-order valence-corrected chi connectivity index (χ1v) is 10.2. The molecular formula is C19H17F3N4O6S. The van der Waals surface area contributed by atoms with Crippen molar-refractivity contribution in [1.29, 1.82) is 0 Å². The van der Waals surface area contributed by atoms with Gasteiger partial charge in [-0.3, -0.25) is 4.98 Å². The molecule has 10 nitrogen and oxygen atoms in total. The van der Waals surface area contributed by atoms with Crippen molar-refractivity contribution < 1.29 is 42.1 Å². The van der Waals surface area contributed by atoms with Gasteiger partial charge < -0.3 is 19.9 Å². The van der Waals surface area contributed by atoms with Crippen molar-refractivity contribution in [1.82, 2.24) is 10.3 Å². The van der Waals surface area contributed by atoms with Gasteiger partial charge in [0.15, 0.2) is 6.61 Å². The van der Waals surface area contributed by atoms with Gasteiger partial charge in [-0.2, -0.15) is 13.2 Å². The van der Waals surface area contributed by atoms with E-state index in [9.17, 15) is 32.7 Å². The van der Waals surface area contributed by atoms with Gasteiger partial charge in [-0.15, -0.1) is 11.3 Å². The molecule has 1 aliphatic heterocycles. The molecule has 0 saturated carbocycles. The number of esters is 2. The summed E-state index contributed by atoms with van der Waals surface area (Å²) in [6, 6.07) is 4.55. The summed E-state index contributed by atoms with van der Waals surface area (Å²) in [5.41, 5.74) is 1.28. The molecule has 0 fully saturated rings. The SMILES string of the molecule is O=C=NN(CC(O)c1ccc(OCC(=O)OC(=O)C(F)(F)F)cn1)c1cc2c(s1)CCNC2. The molecule has 1 atom stereocenters. The van der Waals surface area contributed by atoms with E-state index in [1.807, 2.05) is 6.07 Å². The number of alkyl halides is 3. The lowest BCUT2D eigenvalue weighted by atomic mass is 10.1. The molecular weight excluding hydrogens is 469 g/mol. The number of halogens is 3. The minimum Gasteiger partial charge on any atom is -0.480 e. The lowest BCUT2D eigenvalue weighted by Crippen LogP contribution is -2.30. The van der Waals surface area contributed by atoms with Crippen molar-refractivity contribution in [2.45, 2.75) is 25.2 Å². The number of pyridine rings is 1. The van der Waals surface area contributed by atoms with Crippen molar-refractivity contribution >= 4 is 34.4 Å². The smallest absolute Gasteiger partial charge is 0.480 e. The van der Waals surface area contributed by atoms with Gasteiger partial charge in [-0.05, 0) is 30.2 Å². The number of aromatic nitrogens is 1. The largest absolute Gasteiger partial charge is 0.491 e. The van der Waals surface area contributed by atoms with Gasteiger partial charge >= 0.3 is 18.1 Å². The maximum Gasteiger partial charge on any atom is 0.491 e. The Balaban J connectivity index is 1.58. The van der Waals surface area contributed by atoms with Crippen LogP contribution in [0.2, 0.25) is 0 Å². The van der Waals surface area contributed by atoms with Crippen LogP contribution in [0, 0.1) is 0 Å². The molecule has 1 aliphatic rings. The normalized spacial score (nSPS) is 13.9. The molecule has 3 heterocycles. The van der Waals surface area contributed by atoms with Crippen LogP contribution in [0.15, 0.2) is 29.5 Å². The number of thiophene rings is 1. The summed E-state index contributed by atoms with van der Waals surface area (Å²) in [7, 11) is 0. The molecule has 33 heavy (non-hydrogen) atoms. The number of aliphatic hydroxyl groups is 1. The van der Waals surface area contributed by atoms with Crippen LogP contribution in [0.4, 0.5) is 18.2 Å². The molecule has 0 spiro atoms. The number of hydrogen-bond donors (Lipinski definition) is 2. The number of anilines is 1. The molecule has 1 unspecified atom stereocenters. The minimum atomic E-state index is -5.30. The van der Waals surface area contributed by atoms with Crippen molar-refractivity contribution in [2.75, 3.05) is 24.7 Å². The van der Waals surface area contributed by atoms with E-state index >= 15 is 0 Å². The quantitative estimate of drug-likeness (QED) is 0.188. The number of aliphatic hydroxyl groups excluding tert-OH is 1. The number of carbonyl (C=O) groups is 2. The highest BCUT2D eigenvalue weighted by atomic mass is 32.1. The van der Waals surface area contributed by atoms with E-state index in [1.165, 1.54) is 39.4 Å². The van der Waals surface area contributed by atoms with E-state index in [4.69, 9.17) is 4.74 Å². The molecule has 0 aromatic carbocycles. The topological polar surface area (TPSA) is 130 Å². The maximum absolute atomic E-state index is 12.1. The first-order valence-electron chi connectivity index (χ1n) is 9.43. The Morgan fingerprint density at radius 3 is 2.82 bits per heavy atom. The van der Waals surface area contributed by atoms with Crippen LogP contribution >= 0.6 is 11.3 Å². The summed E-state index contributed by atoms with van der Waals surface area (Å²) < 4.78 is 44.7. The zero-order valence-corrected chi connectivity index (χ0v) is 17.6. The second-order valence-electron chi connectivity index (χ2n) is 6.72. The average Bonchev–Trinajstić information content (AvgIpc) is 3.21. The Kier molecular flexibility index (Phi) is 7.76. The van der Waals surface area contributed by atoms with Gasteiger partial charge in [-0.1, -0.05) is 5.10 Å². The van der Waals surface area contributed by atoms with E-state index in [2.05, 4.69) is 20.1 Å². The van der Waals surface area contributed by atoms with Crippen LogP contribution in [0.1, 0.15) is 22.2 Å². The fraction of sp³-hybridized carbons (Fsp3) is 0.368. The minimum absolute atomic E-state index is 0.0106. The molecule has 0 amide bonds. The summed E-state index contributed by atoms with van der Waals surface area (Å²) in [4.78, 5) is 37.9. The summed E-state index contributed by atoms with van der Waals surface area (Å²) in [5.74, 6) is -4.18. The zero-order chi connectivity index (χ0) is 24.0. The van der Waals surface area contributed by atoms with Gasteiger partial charge in [0.1, 0.15) is 16.9 Å². The first kappa shape index (κ1) is 24.3. The van der Waals surface area contributed by atoms with Crippen molar-refractivity contribution in [3.05, 3.63) is 40.5 Å². The third-order valence-corrected chi connectivity index (χ3v) is 5.64. The average molecular weight is 486 g/mol. The number of ether oxygens (including phenoxy) is 2. The van der Waals surface area contributed by atoms with E-state index in [1.54, 1.807) is 0 Å². The van der Waals surface area contributed by atoms with E-state index in [0.29, 0.717) is 11.5 Å². The second-order valence-corrected chi connectivity index (χ2v) is 7.83. The lowest BCUT2D eigenvalue weighted by Gasteiger charge is -2.19. The summed E-state index contributed by atoms with van der Waals surface area (Å²) >= 11 is 1.46. The predicted octanol–water partition coefficient (Wildman–Crippen LogP) is 1.59. The number of rotatable bonds is 8. The maximum atomic E-state index is 12.1. The molecule has 2 aromatic heterocycles. The summed E-state index contributed by atoms with van der Waals surface area (Å²) in [6.07, 6.45) is -3.02. The standard InChI is InChI=1S/C19H17F3N4O6S/c20-19(21,22)18(30)32-17(29)9-31-12-1-2-13(24-7-12)14(28)8-26(25-10-27)16-5-11-6-23-4-3-15(11)33-16/h1-2,5,7,14,23,28H,3-4,6,8-9H2. The second kappa shape index (κ2) is 10.5. The van der Waals surface area contributed by atoms with Crippen molar-refractivity contribution in [3.63, 3.8) is 0 Å². The monoisotopic (exact) mass is 486 g/mol. The number of fused-ring (bicyclic) bond motifs is 1. The molecule has 0 radical (unpaired) electrons. The number of nitrogens with one attached hydrogen (secondary N) is 1. The summed E-state index contributed by atoms with van der Waals surface area (Å²) in [5, 5.41) is 19.4. The number of nitrogens with zero attached hydrogens (tertiary/aromatic N) is 3. The van der Waals surface area contributed by atoms with Gasteiger partial charge in [0.2, 0.25) is 0 Å². The number of hydrazone groups is 1. The van der Waals surface area contributed by atoms with Crippen LogP contribution in [0.25, 0.3) is 0 Å². The Morgan fingerprint density at radius 1 is 1.39 bits per heavy atom. The van der Waals surface area contributed by atoms with Gasteiger partial charge in [0.25, 0.3) is 6.08 Å². The zero-order valence-electron chi connectivity index (χ0n) is 16.8. The molecule has 2 N–H and O–H groups in total. The van der Waals surface area contributed by atoms with Crippen LogP contribution in [-0.4, -0.2) is 54.0 Å². The summed E-state index contributed by atoms with van der Waals surface area (Å²) in [6.45, 7) is 0.501. The molecule has 176 valence electrons. The van der Waals surface area contributed by atoms with Gasteiger partial charge in [0.05, 0.1) is 18.4 Å². The highest BCUT2D eigenvalue weighted by Gasteiger charge is 2.42. The number of hydrogen-bond acceptors (Lipinski definition) is 11. The van der Waals surface area contributed by atoms with Crippen molar-refractivity contribution in [2.24, 2.45) is 5.10 Å². The third-order valence-electron chi connectivity index (χ3n) is 4.39. The van der Waals surface area contributed by atoms with E-state index in [0.717, 1.165) is 24.7 Å².